The minimum Gasteiger partial charge on any atom is -0.469 e. The lowest BCUT2D eigenvalue weighted by Crippen LogP contribution is -2.30. The zero-order chi connectivity index (χ0) is 19.4. The maximum atomic E-state index is 12.8. The maximum absolute atomic E-state index is 12.8. The van der Waals surface area contributed by atoms with Crippen LogP contribution in [-0.4, -0.2) is 31.4 Å². The van der Waals surface area contributed by atoms with Crippen LogP contribution in [0, 0.1) is 0 Å². The van der Waals surface area contributed by atoms with Crippen LogP contribution in [0.1, 0.15) is 40.9 Å². The van der Waals surface area contributed by atoms with Crippen LogP contribution in [-0.2, 0) is 20.7 Å². The number of rotatable bonds is 5. The van der Waals surface area contributed by atoms with Gasteiger partial charge in [-0.3, -0.25) is 14.4 Å². The van der Waals surface area contributed by atoms with Crippen LogP contribution < -0.4 is 10.2 Å². The summed E-state index contributed by atoms with van der Waals surface area (Å²) >= 11 is 0. The summed E-state index contributed by atoms with van der Waals surface area (Å²) in [6, 6.07) is 14.2. The van der Waals surface area contributed by atoms with Crippen molar-refractivity contribution in [2.45, 2.75) is 25.8 Å². The number of nitrogens with zero attached hydrogens (tertiary/aromatic N) is 1. The third-order valence-corrected chi connectivity index (χ3v) is 4.72. The Balaban J connectivity index is 1.80. The van der Waals surface area contributed by atoms with Crippen LogP contribution in [0.15, 0.2) is 48.5 Å². The normalized spacial score (nSPS) is 13.6. The van der Waals surface area contributed by atoms with Gasteiger partial charge < -0.3 is 15.0 Å². The highest BCUT2D eigenvalue weighted by Gasteiger charge is 2.24. The molecule has 1 atom stereocenters. The first kappa shape index (κ1) is 18.6. The van der Waals surface area contributed by atoms with Crippen LogP contribution >= 0.6 is 0 Å². The Hall–Kier alpha value is -3.15. The van der Waals surface area contributed by atoms with Crippen LogP contribution in [0.5, 0.6) is 0 Å². The summed E-state index contributed by atoms with van der Waals surface area (Å²) in [6.45, 7) is 2.16. The highest BCUT2D eigenvalue weighted by atomic mass is 16.5. The number of carbonyl (C=O) groups is 3. The SMILES string of the molecule is COC(=O)C[C@@H](NC(=O)c1ccc2c(c1)CCN2C(C)=O)c1ccccc1. The Bertz CT molecular complexity index is 864. The fourth-order valence-corrected chi connectivity index (χ4v) is 3.30. The van der Waals surface area contributed by atoms with Crippen molar-refractivity contribution in [1.82, 2.24) is 5.32 Å². The molecular weight excluding hydrogens is 344 g/mol. The number of carbonyl (C=O) groups excluding carboxylic acids is 3. The Morgan fingerprint density at radius 1 is 1.15 bits per heavy atom. The van der Waals surface area contributed by atoms with Gasteiger partial charge in [0.15, 0.2) is 0 Å². The third-order valence-electron chi connectivity index (χ3n) is 4.72. The van der Waals surface area contributed by atoms with E-state index in [-0.39, 0.29) is 18.2 Å². The molecule has 0 spiro atoms. The molecule has 140 valence electrons. The molecule has 1 aliphatic rings. The van der Waals surface area contributed by atoms with Crippen LogP contribution in [0.3, 0.4) is 0 Å². The fraction of sp³-hybridized carbons (Fsp3) is 0.286. The molecule has 0 bridgehead atoms. The van der Waals surface area contributed by atoms with Gasteiger partial charge in [-0.2, -0.15) is 0 Å². The second-order valence-corrected chi connectivity index (χ2v) is 6.48. The largest absolute Gasteiger partial charge is 0.469 e. The number of ether oxygens (including phenoxy) is 1. The monoisotopic (exact) mass is 366 g/mol. The van der Waals surface area contributed by atoms with Crippen LogP contribution in [0.2, 0.25) is 0 Å². The van der Waals surface area contributed by atoms with Crippen molar-refractivity contribution in [2.24, 2.45) is 0 Å². The van der Waals surface area contributed by atoms with Crippen molar-refractivity contribution in [2.75, 3.05) is 18.6 Å². The van der Waals surface area contributed by atoms with Gasteiger partial charge >= 0.3 is 5.97 Å². The van der Waals surface area contributed by atoms with Gasteiger partial charge in [-0.25, -0.2) is 0 Å². The Labute approximate surface area is 158 Å². The van der Waals surface area contributed by atoms with E-state index in [2.05, 4.69) is 5.32 Å². The van der Waals surface area contributed by atoms with Crippen molar-refractivity contribution < 1.29 is 19.1 Å². The standard InChI is InChI=1S/C21H22N2O4/c1-14(24)23-11-10-16-12-17(8-9-19(16)23)21(26)22-18(13-20(25)27-2)15-6-4-3-5-7-15/h3-9,12,18H,10-11,13H2,1-2H3,(H,22,26)/t18-/m1/s1. The molecule has 0 aromatic heterocycles. The molecule has 1 heterocycles. The number of methoxy groups -OCH3 is 1. The minimum atomic E-state index is -0.479. The van der Waals surface area contributed by atoms with E-state index in [0.29, 0.717) is 12.1 Å². The van der Waals surface area contributed by atoms with Crippen LogP contribution in [0.4, 0.5) is 5.69 Å². The van der Waals surface area contributed by atoms with Gasteiger partial charge in [0.05, 0.1) is 19.6 Å². The van der Waals surface area contributed by atoms with Crippen molar-refractivity contribution >= 4 is 23.5 Å². The smallest absolute Gasteiger partial charge is 0.307 e. The highest BCUT2D eigenvalue weighted by molar-refractivity contribution is 5.98. The molecule has 1 aliphatic heterocycles. The molecule has 6 nitrogen and oxygen atoms in total. The number of amides is 2. The number of hydrogen-bond acceptors (Lipinski definition) is 4. The number of nitrogens with one attached hydrogen (secondary N) is 1. The molecule has 3 rings (SSSR count). The molecule has 0 unspecified atom stereocenters. The van der Waals surface area contributed by atoms with Gasteiger partial charge in [-0.1, -0.05) is 30.3 Å². The van der Waals surface area contributed by atoms with Crippen molar-refractivity contribution in [3.05, 3.63) is 65.2 Å². The second-order valence-electron chi connectivity index (χ2n) is 6.48. The summed E-state index contributed by atoms with van der Waals surface area (Å²) in [6.07, 6.45) is 0.773. The molecule has 27 heavy (non-hydrogen) atoms. The summed E-state index contributed by atoms with van der Waals surface area (Å²) in [5, 5.41) is 2.92. The molecule has 0 radical (unpaired) electrons. The Kier molecular flexibility index (Phi) is 5.54. The van der Waals surface area contributed by atoms with Gasteiger partial charge in [0, 0.05) is 24.7 Å². The van der Waals surface area contributed by atoms with E-state index < -0.39 is 12.0 Å². The van der Waals surface area contributed by atoms with E-state index in [1.54, 1.807) is 17.0 Å². The average molecular weight is 366 g/mol. The fourth-order valence-electron chi connectivity index (χ4n) is 3.30. The van der Waals surface area contributed by atoms with E-state index in [1.807, 2.05) is 36.4 Å². The van der Waals surface area contributed by atoms with Crippen molar-refractivity contribution in [1.29, 1.82) is 0 Å². The Morgan fingerprint density at radius 3 is 2.56 bits per heavy atom. The first-order valence-electron chi connectivity index (χ1n) is 8.83. The first-order chi connectivity index (χ1) is 13.0. The third kappa shape index (κ3) is 4.16. The zero-order valence-corrected chi connectivity index (χ0v) is 15.4. The molecule has 0 saturated carbocycles. The van der Waals surface area contributed by atoms with Crippen LogP contribution in [0.25, 0.3) is 0 Å². The number of benzene rings is 2. The molecular formula is C21H22N2O4. The number of fused-ring (bicyclic) bond motifs is 1. The topological polar surface area (TPSA) is 75.7 Å². The van der Waals surface area contributed by atoms with Gasteiger partial charge in [0.2, 0.25) is 5.91 Å². The maximum Gasteiger partial charge on any atom is 0.307 e. The molecule has 0 saturated heterocycles. The molecule has 1 N–H and O–H groups in total. The van der Waals surface area contributed by atoms with Gasteiger partial charge in [-0.05, 0) is 35.7 Å². The quantitative estimate of drug-likeness (QED) is 0.826. The van der Waals surface area contributed by atoms with E-state index in [1.165, 1.54) is 14.0 Å². The van der Waals surface area contributed by atoms with Crippen molar-refractivity contribution in [3.63, 3.8) is 0 Å². The molecule has 2 aromatic rings. The van der Waals surface area contributed by atoms with Crippen molar-refractivity contribution in [3.8, 4) is 0 Å². The lowest BCUT2D eigenvalue weighted by molar-refractivity contribution is -0.141. The van der Waals surface area contributed by atoms with E-state index in [4.69, 9.17) is 4.74 Å². The van der Waals surface area contributed by atoms with E-state index in [9.17, 15) is 14.4 Å². The summed E-state index contributed by atoms with van der Waals surface area (Å²) in [5.74, 6) is -0.666. The zero-order valence-electron chi connectivity index (χ0n) is 15.4. The average Bonchev–Trinajstić information content (AvgIpc) is 3.11. The predicted octanol–water partition coefficient (Wildman–Crippen LogP) is 2.63. The molecule has 2 amide bonds. The highest BCUT2D eigenvalue weighted by Crippen LogP contribution is 2.29. The van der Waals surface area contributed by atoms with E-state index >= 15 is 0 Å². The van der Waals surface area contributed by atoms with E-state index in [0.717, 1.165) is 23.2 Å². The van der Waals surface area contributed by atoms with Gasteiger partial charge in [0.1, 0.15) is 0 Å². The first-order valence-corrected chi connectivity index (χ1v) is 8.83. The number of hydrogen-bond donors (Lipinski definition) is 1. The minimum absolute atomic E-state index is 0.00632. The summed E-state index contributed by atoms with van der Waals surface area (Å²) in [7, 11) is 1.33. The summed E-state index contributed by atoms with van der Waals surface area (Å²) < 4.78 is 4.76. The number of anilines is 1. The lowest BCUT2D eigenvalue weighted by atomic mass is 10.0. The van der Waals surface area contributed by atoms with Gasteiger partial charge in [-0.15, -0.1) is 0 Å². The second kappa shape index (κ2) is 8.03. The lowest BCUT2D eigenvalue weighted by Gasteiger charge is -2.19. The van der Waals surface area contributed by atoms with Gasteiger partial charge in [0.25, 0.3) is 5.91 Å². The predicted molar refractivity (Wildman–Crippen MR) is 101 cm³/mol. The summed E-state index contributed by atoms with van der Waals surface area (Å²) in [4.78, 5) is 37.9. The Morgan fingerprint density at radius 2 is 1.89 bits per heavy atom. The molecule has 0 aliphatic carbocycles. The summed E-state index contributed by atoms with van der Waals surface area (Å²) in [5.41, 5.74) is 3.17. The molecule has 6 heteroatoms. The molecule has 2 aromatic carbocycles. The number of esters is 1. The molecule has 0 fully saturated rings.